The van der Waals surface area contributed by atoms with E-state index in [4.69, 9.17) is 14.2 Å². The SMILES string of the molecule is COc1cccc(/C=C/C(=O)NCc2cccnc2OC)c1OC. The number of ether oxygens (including phenoxy) is 3. The molecule has 1 N–H and O–H groups in total. The number of carbonyl (C=O) groups is 1. The molecule has 0 saturated heterocycles. The second-order valence-corrected chi connectivity index (χ2v) is 4.81. The van der Waals surface area contributed by atoms with E-state index in [0.29, 0.717) is 23.9 Å². The lowest BCUT2D eigenvalue weighted by atomic mass is 10.1. The highest BCUT2D eigenvalue weighted by Crippen LogP contribution is 2.31. The molecule has 0 aliphatic carbocycles. The fraction of sp³-hybridized carbons (Fsp3) is 0.222. The van der Waals surface area contributed by atoms with Gasteiger partial charge in [0, 0.05) is 29.9 Å². The third kappa shape index (κ3) is 4.25. The van der Waals surface area contributed by atoms with Gasteiger partial charge in [-0.15, -0.1) is 0 Å². The summed E-state index contributed by atoms with van der Waals surface area (Å²) in [6, 6.07) is 9.11. The van der Waals surface area contributed by atoms with Crippen LogP contribution >= 0.6 is 0 Å². The fourth-order valence-corrected chi connectivity index (χ4v) is 2.19. The van der Waals surface area contributed by atoms with Crippen LogP contribution in [-0.4, -0.2) is 32.2 Å². The number of para-hydroxylation sites is 1. The minimum atomic E-state index is -0.231. The van der Waals surface area contributed by atoms with Crippen molar-refractivity contribution >= 4 is 12.0 Å². The average molecular weight is 328 g/mol. The van der Waals surface area contributed by atoms with Gasteiger partial charge in [-0.1, -0.05) is 18.2 Å². The van der Waals surface area contributed by atoms with Crippen molar-refractivity contribution in [2.45, 2.75) is 6.54 Å². The first kappa shape index (κ1) is 17.3. The van der Waals surface area contributed by atoms with Gasteiger partial charge in [0.2, 0.25) is 11.8 Å². The lowest BCUT2D eigenvalue weighted by Gasteiger charge is -2.10. The number of hydrogen-bond acceptors (Lipinski definition) is 5. The molecule has 0 atom stereocenters. The van der Waals surface area contributed by atoms with Crippen molar-refractivity contribution in [1.82, 2.24) is 10.3 Å². The molecular weight excluding hydrogens is 308 g/mol. The van der Waals surface area contributed by atoms with Crippen LogP contribution in [0.3, 0.4) is 0 Å². The zero-order valence-electron chi connectivity index (χ0n) is 13.9. The van der Waals surface area contributed by atoms with Crippen LogP contribution in [0, 0.1) is 0 Å². The minimum Gasteiger partial charge on any atom is -0.493 e. The largest absolute Gasteiger partial charge is 0.493 e. The molecule has 126 valence electrons. The van der Waals surface area contributed by atoms with Gasteiger partial charge in [0.15, 0.2) is 11.5 Å². The summed E-state index contributed by atoms with van der Waals surface area (Å²) < 4.78 is 15.7. The molecule has 24 heavy (non-hydrogen) atoms. The van der Waals surface area contributed by atoms with E-state index in [9.17, 15) is 4.79 Å². The molecule has 0 aliphatic heterocycles. The molecule has 0 aliphatic rings. The minimum absolute atomic E-state index is 0.231. The van der Waals surface area contributed by atoms with Gasteiger partial charge >= 0.3 is 0 Å². The number of aromatic nitrogens is 1. The molecule has 6 nitrogen and oxygen atoms in total. The Kier molecular flexibility index (Phi) is 6.19. The monoisotopic (exact) mass is 328 g/mol. The standard InChI is InChI=1S/C18H20N2O4/c1-22-15-8-4-6-13(17(15)23-2)9-10-16(21)20-12-14-7-5-11-19-18(14)24-3/h4-11H,12H2,1-3H3,(H,20,21)/b10-9+. The van der Waals surface area contributed by atoms with Crippen molar-refractivity contribution in [1.29, 1.82) is 0 Å². The number of rotatable bonds is 7. The number of pyridine rings is 1. The summed E-state index contributed by atoms with van der Waals surface area (Å²) in [6.07, 6.45) is 4.76. The zero-order valence-corrected chi connectivity index (χ0v) is 13.9. The van der Waals surface area contributed by atoms with E-state index in [-0.39, 0.29) is 5.91 Å². The molecule has 0 saturated carbocycles. The molecule has 0 spiro atoms. The average Bonchev–Trinajstić information content (AvgIpc) is 2.64. The van der Waals surface area contributed by atoms with E-state index in [1.54, 1.807) is 45.7 Å². The molecule has 1 amide bonds. The summed E-state index contributed by atoms with van der Waals surface area (Å²) in [7, 11) is 4.67. The summed E-state index contributed by atoms with van der Waals surface area (Å²) in [6.45, 7) is 0.329. The lowest BCUT2D eigenvalue weighted by Crippen LogP contribution is -2.20. The Bertz CT molecular complexity index is 729. The Hall–Kier alpha value is -3.02. The maximum absolute atomic E-state index is 12.0. The van der Waals surface area contributed by atoms with Gasteiger partial charge in [-0.05, 0) is 18.2 Å². The second kappa shape index (κ2) is 8.57. The van der Waals surface area contributed by atoms with Crippen molar-refractivity contribution < 1.29 is 19.0 Å². The van der Waals surface area contributed by atoms with Crippen LogP contribution < -0.4 is 19.5 Å². The molecule has 0 unspecified atom stereocenters. The molecule has 2 rings (SSSR count). The number of carbonyl (C=O) groups excluding carboxylic acids is 1. The van der Waals surface area contributed by atoms with Gasteiger partial charge < -0.3 is 19.5 Å². The van der Waals surface area contributed by atoms with Crippen LogP contribution in [0.15, 0.2) is 42.6 Å². The smallest absolute Gasteiger partial charge is 0.244 e. The molecule has 0 radical (unpaired) electrons. The Balaban J connectivity index is 2.03. The summed E-state index contributed by atoms with van der Waals surface area (Å²) >= 11 is 0. The zero-order chi connectivity index (χ0) is 17.4. The Morgan fingerprint density at radius 3 is 2.67 bits per heavy atom. The third-order valence-corrected chi connectivity index (χ3v) is 3.34. The number of nitrogens with one attached hydrogen (secondary N) is 1. The molecule has 1 heterocycles. The molecular formula is C18H20N2O4. The number of amides is 1. The molecule has 1 aromatic heterocycles. The highest BCUT2D eigenvalue weighted by molar-refractivity contribution is 5.92. The van der Waals surface area contributed by atoms with Gasteiger partial charge in [-0.2, -0.15) is 0 Å². The lowest BCUT2D eigenvalue weighted by molar-refractivity contribution is -0.116. The van der Waals surface area contributed by atoms with Crippen molar-refractivity contribution in [3.63, 3.8) is 0 Å². The summed E-state index contributed by atoms with van der Waals surface area (Å²) in [4.78, 5) is 16.1. The summed E-state index contributed by atoms with van der Waals surface area (Å²) in [5, 5.41) is 2.79. The summed E-state index contributed by atoms with van der Waals surface area (Å²) in [5.74, 6) is 1.46. The van der Waals surface area contributed by atoms with Crippen LogP contribution in [0.5, 0.6) is 17.4 Å². The quantitative estimate of drug-likeness (QED) is 0.791. The van der Waals surface area contributed by atoms with Crippen LogP contribution in [0.1, 0.15) is 11.1 Å². The summed E-state index contributed by atoms with van der Waals surface area (Å²) in [5.41, 5.74) is 1.56. The predicted molar refractivity (Wildman–Crippen MR) is 91.2 cm³/mol. The maximum atomic E-state index is 12.0. The van der Waals surface area contributed by atoms with Crippen LogP contribution in [0.25, 0.3) is 6.08 Å². The van der Waals surface area contributed by atoms with Gasteiger partial charge in [-0.25, -0.2) is 4.98 Å². The van der Waals surface area contributed by atoms with Crippen LogP contribution in [0.4, 0.5) is 0 Å². The van der Waals surface area contributed by atoms with E-state index < -0.39 is 0 Å². The van der Waals surface area contributed by atoms with Gasteiger partial charge in [0.05, 0.1) is 21.3 Å². The predicted octanol–water partition coefficient (Wildman–Crippen LogP) is 2.44. The van der Waals surface area contributed by atoms with E-state index >= 15 is 0 Å². The highest BCUT2D eigenvalue weighted by atomic mass is 16.5. The maximum Gasteiger partial charge on any atom is 0.244 e. The fourth-order valence-electron chi connectivity index (χ4n) is 2.19. The van der Waals surface area contributed by atoms with Gasteiger partial charge in [0.25, 0.3) is 0 Å². The molecule has 0 fully saturated rings. The van der Waals surface area contributed by atoms with E-state index in [1.807, 2.05) is 18.2 Å². The van der Waals surface area contributed by atoms with Crippen molar-refractivity contribution in [3.05, 3.63) is 53.7 Å². The molecule has 2 aromatic rings. The second-order valence-electron chi connectivity index (χ2n) is 4.81. The number of nitrogens with zero attached hydrogens (tertiary/aromatic N) is 1. The number of methoxy groups -OCH3 is 3. The number of benzene rings is 1. The Labute approximate surface area is 141 Å². The normalized spacial score (nSPS) is 10.5. The third-order valence-electron chi connectivity index (χ3n) is 3.34. The van der Waals surface area contributed by atoms with Crippen LogP contribution in [-0.2, 0) is 11.3 Å². The first-order chi connectivity index (χ1) is 11.7. The van der Waals surface area contributed by atoms with E-state index in [2.05, 4.69) is 10.3 Å². The van der Waals surface area contributed by atoms with E-state index in [0.717, 1.165) is 11.1 Å². The van der Waals surface area contributed by atoms with Gasteiger partial charge in [-0.3, -0.25) is 4.79 Å². The first-order valence-corrected chi connectivity index (χ1v) is 7.34. The van der Waals surface area contributed by atoms with E-state index in [1.165, 1.54) is 6.08 Å². The molecule has 6 heteroatoms. The highest BCUT2D eigenvalue weighted by Gasteiger charge is 2.08. The molecule has 0 bridgehead atoms. The van der Waals surface area contributed by atoms with Crippen molar-refractivity contribution in [2.24, 2.45) is 0 Å². The Morgan fingerprint density at radius 1 is 1.12 bits per heavy atom. The van der Waals surface area contributed by atoms with Crippen molar-refractivity contribution in [3.8, 4) is 17.4 Å². The Morgan fingerprint density at radius 2 is 1.96 bits per heavy atom. The number of hydrogen-bond donors (Lipinski definition) is 1. The van der Waals surface area contributed by atoms with Crippen molar-refractivity contribution in [2.75, 3.05) is 21.3 Å². The first-order valence-electron chi connectivity index (χ1n) is 7.34. The topological polar surface area (TPSA) is 69.7 Å². The van der Waals surface area contributed by atoms with Crippen LogP contribution in [0.2, 0.25) is 0 Å². The van der Waals surface area contributed by atoms with Gasteiger partial charge in [0.1, 0.15) is 0 Å². The molecule has 1 aromatic carbocycles.